The van der Waals surface area contributed by atoms with Crippen molar-refractivity contribution in [2.75, 3.05) is 38.5 Å². The van der Waals surface area contributed by atoms with Crippen molar-refractivity contribution in [2.45, 2.75) is 37.5 Å². The Bertz CT molecular complexity index is 1220. The maximum absolute atomic E-state index is 3.65. The zero-order valence-corrected chi connectivity index (χ0v) is 18.9. The average molecular weight is 428 g/mol. The van der Waals surface area contributed by atoms with Crippen molar-refractivity contribution >= 4 is 33.2 Å². The van der Waals surface area contributed by atoms with E-state index in [1.54, 1.807) is 0 Å². The molecule has 32 heavy (non-hydrogen) atoms. The number of anilines is 2. The molecule has 2 fully saturated rings. The Kier molecular flexibility index (Phi) is 5.16. The molecule has 2 aromatic heterocycles. The molecule has 0 amide bonds. The van der Waals surface area contributed by atoms with Crippen LogP contribution in [-0.4, -0.2) is 48.1 Å². The van der Waals surface area contributed by atoms with E-state index in [1.165, 1.54) is 71.7 Å². The number of aromatic nitrogens is 2. The molecule has 4 N–H and O–H groups in total. The Morgan fingerprint density at radius 1 is 0.750 bits per heavy atom. The number of piperidine rings is 2. The van der Waals surface area contributed by atoms with E-state index in [-0.39, 0.29) is 0 Å². The summed E-state index contributed by atoms with van der Waals surface area (Å²) in [6.07, 6.45) is 9.39. The summed E-state index contributed by atoms with van der Waals surface area (Å²) in [4.78, 5) is 9.45. The molecule has 0 atom stereocenters. The summed E-state index contributed by atoms with van der Waals surface area (Å²) in [5.74, 6) is 1.32. The molecular formula is C27H33N5. The summed E-state index contributed by atoms with van der Waals surface area (Å²) >= 11 is 0. The van der Waals surface area contributed by atoms with Crippen LogP contribution in [0.1, 0.15) is 48.6 Å². The maximum atomic E-state index is 3.65. The van der Waals surface area contributed by atoms with E-state index in [4.69, 9.17) is 0 Å². The molecule has 4 aromatic rings. The molecule has 0 radical (unpaired) electrons. The van der Waals surface area contributed by atoms with Crippen LogP contribution in [0.3, 0.4) is 0 Å². The molecule has 0 saturated carbocycles. The summed E-state index contributed by atoms with van der Waals surface area (Å²) < 4.78 is 0. The van der Waals surface area contributed by atoms with Gasteiger partial charge in [-0.1, -0.05) is 6.07 Å². The lowest BCUT2D eigenvalue weighted by Gasteiger charge is -2.28. The fourth-order valence-corrected chi connectivity index (χ4v) is 5.74. The van der Waals surface area contributed by atoms with Crippen LogP contribution in [-0.2, 0) is 0 Å². The number of aromatic amines is 2. The fraction of sp³-hybridized carbons (Fsp3) is 0.407. The molecule has 2 aliphatic heterocycles. The number of nitrogens with one attached hydrogen (secondary N) is 4. The van der Waals surface area contributed by atoms with E-state index < -0.39 is 0 Å². The van der Waals surface area contributed by atoms with Gasteiger partial charge in [0, 0.05) is 45.6 Å². The molecule has 2 aromatic carbocycles. The van der Waals surface area contributed by atoms with Gasteiger partial charge in [0.25, 0.3) is 0 Å². The van der Waals surface area contributed by atoms with Crippen molar-refractivity contribution in [3.05, 3.63) is 59.9 Å². The smallest absolute Gasteiger partial charge is 0.0477 e. The first-order valence-corrected chi connectivity index (χ1v) is 12.1. The van der Waals surface area contributed by atoms with Crippen LogP contribution >= 0.6 is 0 Å². The average Bonchev–Trinajstić information content (AvgIpc) is 3.44. The summed E-state index contributed by atoms with van der Waals surface area (Å²) in [5, 5.41) is 9.86. The molecule has 2 aliphatic rings. The van der Waals surface area contributed by atoms with E-state index in [0.717, 1.165) is 24.5 Å². The van der Waals surface area contributed by atoms with Crippen LogP contribution in [0.25, 0.3) is 21.8 Å². The van der Waals surface area contributed by atoms with Crippen molar-refractivity contribution < 1.29 is 0 Å². The molecule has 0 aliphatic carbocycles. The quantitative estimate of drug-likeness (QED) is 0.339. The molecule has 5 heteroatoms. The van der Waals surface area contributed by atoms with Crippen LogP contribution in [0.5, 0.6) is 0 Å². The zero-order chi connectivity index (χ0) is 21.5. The number of likely N-dealkylation sites (tertiary alicyclic amines) is 1. The second-order valence-corrected chi connectivity index (χ2v) is 9.74. The van der Waals surface area contributed by atoms with E-state index in [0.29, 0.717) is 11.8 Å². The first kappa shape index (κ1) is 19.9. The number of rotatable bonds is 4. The number of H-pyrrole nitrogens is 2. The number of fused-ring (bicyclic) bond motifs is 2. The lowest BCUT2D eigenvalue weighted by Crippen LogP contribution is -2.29. The van der Waals surface area contributed by atoms with Crippen LogP contribution < -0.4 is 10.6 Å². The molecule has 6 rings (SSSR count). The molecule has 0 unspecified atom stereocenters. The van der Waals surface area contributed by atoms with Gasteiger partial charge in [0.2, 0.25) is 0 Å². The summed E-state index contributed by atoms with van der Waals surface area (Å²) in [7, 11) is 2.23. The van der Waals surface area contributed by atoms with Gasteiger partial charge < -0.3 is 25.5 Å². The SMILES string of the molecule is CN1CCC(c2c[nH]c3cc(Nc4ccc5[nH]cc(C6CCNCC6)c5c4)ccc23)CC1. The van der Waals surface area contributed by atoms with Gasteiger partial charge >= 0.3 is 0 Å². The first-order chi connectivity index (χ1) is 15.7. The minimum Gasteiger partial charge on any atom is -0.361 e. The Hall–Kier alpha value is -2.76. The maximum Gasteiger partial charge on any atom is 0.0477 e. The van der Waals surface area contributed by atoms with Crippen LogP contribution in [0.4, 0.5) is 11.4 Å². The topological polar surface area (TPSA) is 58.9 Å². The molecule has 0 spiro atoms. The number of hydrogen-bond acceptors (Lipinski definition) is 3. The van der Waals surface area contributed by atoms with Crippen molar-refractivity contribution in [2.24, 2.45) is 0 Å². The van der Waals surface area contributed by atoms with E-state index in [2.05, 4.69) is 81.3 Å². The van der Waals surface area contributed by atoms with E-state index in [1.807, 2.05) is 0 Å². The minimum atomic E-state index is 0.647. The third kappa shape index (κ3) is 3.70. The van der Waals surface area contributed by atoms with Gasteiger partial charge in [-0.25, -0.2) is 0 Å². The molecule has 2 saturated heterocycles. The van der Waals surface area contributed by atoms with Gasteiger partial charge in [0.15, 0.2) is 0 Å². The third-order valence-electron chi connectivity index (χ3n) is 7.65. The zero-order valence-electron chi connectivity index (χ0n) is 18.9. The van der Waals surface area contributed by atoms with Gasteiger partial charge in [-0.2, -0.15) is 0 Å². The normalized spacial score (nSPS) is 19.2. The van der Waals surface area contributed by atoms with Crippen LogP contribution in [0.15, 0.2) is 48.8 Å². The predicted octanol–water partition coefficient (Wildman–Crippen LogP) is 5.67. The van der Waals surface area contributed by atoms with Gasteiger partial charge in [-0.05, 0) is 112 Å². The minimum absolute atomic E-state index is 0.647. The summed E-state index contributed by atoms with van der Waals surface area (Å²) in [6.45, 7) is 4.62. The third-order valence-corrected chi connectivity index (χ3v) is 7.65. The van der Waals surface area contributed by atoms with Gasteiger partial charge in [0.1, 0.15) is 0 Å². The van der Waals surface area contributed by atoms with Gasteiger partial charge in [-0.3, -0.25) is 0 Å². The highest BCUT2D eigenvalue weighted by atomic mass is 15.1. The lowest BCUT2D eigenvalue weighted by molar-refractivity contribution is 0.256. The highest BCUT2D eigenvalue weighted by Crippen LogP contribution is 2.36. The van der Waals surface area contributed by atoms with Crippen molar-refractivity contribution in [3.63, 3.8) is 0 Å². The number of hydrogen-bond donors (Lipinski definition) is 4. The largest absolute Gasteiger partial charge is 0.361 e. The Labute approximate surface area is 189 Å². The van der Waals surface area contributed by atoms with E-state index in [9.17, 15) is 0 Å². The van der Waals surface area contributed by atoms with Crippen molar-refractivity contribution in [3.8, 4) is 0 Å². The summed E-state index contributed by atoms with van der Waals surface area (Å²) in [5.41, 5.74) is 7.68. The highest BCUT2D eigenvalue weighted by Gasteiger charge is 2.21. The highest BCUT2D eigenvalue weighted by molar-refractivity contribution is 5.90. The predicted molar refractivity (Wildman–Crippen MR) is 134 cm³/mol. The van der Waals surface area contributed by atoms with E-state index >= 15 is 0 Å². The Morgan fingerprint density at radius 2 is 1.41 bits per heavy atom. The van der Waals surface area contributed by atoms with Gasteiger partial charge in [-0.15, -0.1) is 0 Å². The molecule has 0 bridgehead atoms. The van der Waals surface area contributed by atoms with Crippen molar-refractivity contribution in [1.29, 1.82) is 0 Å². The molecule has 5 nitrogen and oxygen atoms in total. The molecule has 166 valence electrons. The monoisotopic (exact) mass is 427 g/mol. The number of nitrogens with zero attached hydrogens (tertiary/aromatic N) is 1. The lowest BCUT2D eigenvalue weighted by atomic mass is 9.89. The Morgan fingerprint density at radius 3 is 2.22 bits per heavy atom. The molecular weight excluding hydrogens is 394 g/mol. The number of benzene rings is 2. The van der Waals surface area contributed by atoms with Crippen LogP contribution in [0.2, 0.25) is 0 Å². The van der Waals surface area contributed by atoms with Crippen molar-refractivity contribution in [1.82, 2.24) is 20.2 Å². The second kappa shape index (κ2) is 8.30. The van der Waals surface area contributed by atoms with Gasteiger partial charge in [0.05, 0.1) is 0 Å². The first-order valence-electron chi connectivity index (χ1n) is 12.1. The fourth-order valence-electron chi connectivity index (χ4n) is 5.74. The Balaban J connectivity index is 1.25. The molecule has 4 heterocycles. The second-order valence-electron chi connectivity index (χ2n) is 9.74. The standard InChI is InChI=1S/C27H33N5/c1-32-12-8-19(9-13-32)24-16-30-27-15-21(2-4-22(24)27)31-20-3-5-26-23(14-20)25(17-29-26)18-6-10-28-11-7-18/h2-5,14-19,28-31H,6-13H2,1H3. The van der Waals surface area contributed by atoms with Crippen LogP contribution in [0, 0.1) is 0 Å². The summed E-state index contributed by atoms with van der Waals surface area (Å²) in [6, 6.07) is 13.5.